The van der Waals surface area contributed by atoms with Crippen LogP contribution in [0.15, 0.2) is 18.2 Å². The van der Waals surface area contributed by atoms with Crippen molar-refractivity contribution in [2.45, 2.75) is 25.8 Å². The number of hydrogen-bond acceptors (Lipinski definition) is 1. The van der Waals surface area contributed by atoms with Crippen molar-refractivity contribution in [2.24, 2.45) is 5.73 Å². The van der Waals surface area contributed by atoms with Gasteiger partial charge in [-0.25, -0.2) is 4.79 Å². The van der Waals surface area contributed by atoms with Crippen LogP contribution in [0.5, 0.6) is 0 Å². The molecule has 0 bridgehead atoms. The highest BCUT2D eigenvalue weighted by atomic mass is 16.2. The third kappa shape index (κ3) is 1.45. The van der Waals surface area contributed by atoms with Crippen molar-refractivity contribution in [1.29, 1.82) is 0 Å². The van der Waals surface area contributed by atoms with Crippen LogP contribution in [-0.2, 0) is 6.42 Å². The fourth-order valence-electron chi connectivity index (χ4n) is 2.22. The van der Waals surface area contributed by atoms with Gasteiger partial charge in [-0.3, -0.25) is 0 Å². The Labute approximate surface area is 83.3 Å². The summed E-state index contributed by atoms with van der Waals surface area (Å²) >= 11 is 0. The summed E-state index contributed by atoms with van der Waals surface area (Å²) in [7, 11) is 0. The highest BCUT2D eigenvalue weighted by molar-refractivity contribution is 5.72. The SMILES string of the molecule is Cc1cccc2c1C(NC(N)=O)CC2. The van der Waals surface area contributed by atoms with Gasteiger partial charge in [-0.15, -0.1) is 0 Å². The van der Waals surface area contributed by atoms with Crippen molar-refractivity contribution in [3.05, 3.63) is 34.9 Å². The first-order valence-electron chi connectivity index (χ1n) is 4.83. The summed E-state index contributed by atoms with van der Waals surface area (Å²) in [4.78, 5) is 10.8. The second kappa shape index (κ2) is 3.33. The molecule has 0 saturated carbocycles. The number of fused-ring (bicyclic) bond motifs is 1. The van der Waals surface area contributed by atoms with Crippen molar-refractivity contribution in [1.82, 2.24) is 5.32 Å². The summed E-state index contributed by atoms with van der Waals surface area (Å²) in [5.74, 6) is 0. The zero-order valence-corrected chi connectivity index (χ0v) is 8.21. The van der Waals surface area contributed by atoms with Gasteiger partial charge in [0.05, 0.1) is 6.04 Å². The van der Waals surface area contributed by atoms with E-state index in [0.29, 0.717) is 0 Å². The lowest BCUT2D eigenvalue weighted by atomic mass is 10.0. The fraction of sp³-hybridized carbons (Fsp3) is 0.364. The van der Waals surface area contributed by atoms with Gasteiger partial charge in [-0.2, -0.15) is 0 Å². The van der Waals surface area contributed by atoms with Crippen LogP contribution in [0, 0.1) is 6.92 Å². The topological polar surface area (TPSA) is 55.1 Å². The quantitative estimate of drug-likeness (QED) is 0.695. The summed E-state index contributed by atoms with van der Waals surface area (Å²) in [6, 6.07) is 5.92. The van der Waals surface area contributed by atoms with Crippen molar-refractivity contribution in [3.63, 3.8) is 0 Å². The molecule has 0 fully saturated rings. The Balaban J connectivity index is 2.33. The molecule has 0 saturated heterocycles. The molecule has 1 aliphatic carbocycles. The number of nitrogens with two attached hydrogens (primary N) is 1. The normalized spacial score (nSPS) is 19.1. The second-order valence-electron chi connectivity index (χ2n) is 3.75. The highest BCUT2D eigenvalue weighted by Gasteiger charge is 2.24. The minimum Gasteiger partial charge on any atom is -0.352 e. The van der Waals surface area contributed by atoms with Crippen molar-refractivity contribution in [3.8, 4) is 0 Å². The third-order valence-corrected chi connectivity index (χ3v) is 2.78. The first-order chi connectivity index (χ1) is 6.68. The summed E-state index contributed by atoms with van der Waals surface area (Å²) in [6.45, 7) is 2.07. The first-order valence-corrected chi connectivity index (χ1v) is 4.83. The Morgan fingerprint density at radius 2 is 2.36 bits per heavy atom. The summed E-state index contributed by atoms with van der Waals surface area (Å²) in [6.07, 6.45) is 1.99. The van der Waals surface area contributed by atoms with Gasteiger partial charge in [0.2, 0.25) is 0 Å². The molecule has 2 rings (SSSR count). The van der Waals surface area contributed by atoms with Crippen LogP contribution in [0.25, 0.3) is 0 Å². The monoisotopic (exact) mass is 190 g/mol. The number of benzene rings is 1. The van der Waals surface area contributed by atoms with E-state index in [1.165, 1.54) is 16.7 Å². The van der Waals surface area contributed by atoms with E-state index < -0.39 is 6.03 Å². The van der Waals surface area contributed by atoms with Crippen LogP contribution in [0.3, 0.4) is 0 Å². The molecule has 1 aliphatic rings. The van der Waals surface area contributed by atoms with E-state index >= 15 is 0 Å². The summed E-state index contributed by atoms with van der Waals surface area (Å²) < 4.78 is 0. The summed E-state index contributed by atoms with van der Waals surface area (Å²) in [5, 5.41) is 2.78. The highest BCUT2D eigenvalue weighted by Crippen LogP contribution is 2.33. The number of carbonyl (C=O) groups excluding carboxylic acids is 1. The number of nitrogens with one attached hydrogen (secondary N) is 1. The zero-order valence-electron chi connectivity index (χ0n) is 8.21. The summed E-state index contributed by atoms with van der Waals surface area (Å²) in [5.41, 5.74) is 8.96. The number of amides is 2. The maximum absolute atomic E-state index is 10.8. The van der Waals surface area contributed by atoms with Gasteiger partial charge in [-0.05, 0) is 36.5 Å². The van der Waals surface area contributed by atoms with Gasteiger partial charge in [0.1, 0.15) is 0 Å². The standard InChI is InChI=1S/C11H14N2O/c1-7-3-2-4-8-5-6-9(10(7)8)13-11(12)14/h2-4,9H,5-6H2,1H3,(H3,12,13,14). The number of primary amides is 1. The van der Waals surface area contributed by atoms with E-state index in [9.17, 15) is 4.79 Å². The van der Waals surface area contributed by atoms with E-state index in [4.69, 9.17) is 5.73 Å². The fourth-order valence-corrected chi connectivity index (χ4v) is 2.22. The molecule has 0 aliphatic heterocycles. The molecule has 0 radical (unpaired) electrons. The van der Waals surface area contributed by atoms with Crippen LogP contribution >= 0.6 is 0 Å². The van der Waals surface area contributed by atoms with Crippen LogP contribution in [0.4, 0.5) is 4.79 Å². The van der Waals surface area contributed by atoms with Crippen molar-refractivity contribution < 1.29 is 4.79 Å². The molecule has 3 nitrogen and oxygen atoms in total. The average Bonchev–Trinajstić information content (AvgIpc) is 2.49. The van der Waals surface area contributed by atoms with Crippen molar-refractivity contribution >= 4 is 6.03 Å². The smallest absolute Gasteiger partial charge is 0.312 e. The van der Waals surface area contributed by atoms with E-state index in [2.05, 4.69) is 30.4 Å². The number of hydrogen-bond donors (Lipinski definition) is 2. The molecule has 1 aromatic rings. The van der Waals surface area contributed by atoms with Crippen molar-refractivity contribution in [2.75, 3.05) is 0 Å². The Bertz CT molecular complexity index is 374. The predicted molar refractivity (Wildman–Crippen MR) is 55.0 cm³/mol. The molecule has 14 heavy (non-hydrogen) atoms. The minimum atomic E-state index is -0.439. The van der Waals surface area contributed by atoms with Gasteiger partial charge < -0.3 is 11.1 Å². The molecule has 1 aromatic carbocycles. The Morgan fingerprint density at radius 3 is 3.07 bits per heavy atom. The number of urea groups is 1. The van der Waals surface area contributed by atoms with Crippen LogP contribution in [0.1, 0.15) is 29.2 Å². The van der Waals surface area contributed by atoms with Gasteiger partial charge in [0.15, 0.2) is 0 Å². The van der Waals surface area contributed by atoms with E-state index in [-0.39, 0.29) is 6.04 Å². The zero-order chi connectivity index (χ0) is 10.1. The van der Waals surface area contributed by atoms with Crippen LogP contribution < -0.4 is 11.1 Å². The molecular formula is C11H14N2O. The average molecular weight is 190 g/mol. The van der Waals surface area contributed by atoms with E-state index in [1.54, 1.807) is 0 Å². The number of aryl methyl sites for hydroxylation is 2. The van der Waals surface area contributed by atoms with Gasteiger partial charge in [0.25, 0.3) is 0 Å². The molecule has 1 unspecified atom stereocenters. The second-order valence-corrected chi connectivity index (χ2v) is 3.75. The largest absolute Gasteiger partial charge is 0.352 e. The molecular weight excluding hydrogens is 176 g/mol. The first kappa shape index (κ1) is 9.06. The van der Waals surface area contributed by atoms with Gasteiger partial charge in [-0.1, -0.05) is 18.2 Å². The van der Waals surface area contributed by atoms with E-state index in [1.807, 2.05) is 0 Å². The predicted octanol–water partition coefficient (Wildman–Crippen LogP) is 1.65. The van der Waals surface area contributed by atoms with Crippen LogP contribution in [0.2, 0.25) is 0 Å². The number of carbonyl (C=O) groups is 1. The lowest BCUT2D eigenvalue weighted by Gasteiger charge is -2.14. The van der Waals surface area contributed by atoms with Gasteiger partial charge >= 0.3 is 6.03 Å². The lowest BCUT2D eigenvalue weighted by molar-refractivity contribution is 0.245. The third-order valence-electron chi connectivity index (χ3n) is 2.78. The molecule has 3 heteroatoms. The Hall–Kier alpha value is -1.51. The molecule has 0 spiro atoms. The van der Waals surface area contributed by atoms with Crippen LogP contribution in [-0.4, -0.2) is 6.03 Å². The maximum atomic E-state index is 10.8. The van der Waals surface area contributed by atoms with Gasteiger partial charge in [0, 0.05) is 0 Å². The lowest BCUT2D eigenvalue weighted by Crippen LogP contribution is -2.32. The molecule has 0 aromatic heterocycles. The molecule has 0 heterocycles. The maximum Gasteiger partial charge on any atom is 0.312 e. The molecule has 74 valence electrons. The number of rotatable bonds is 1. The van der Waals surface area contributed by atoms with E-state index in [0.717, 1.165) is 12.8 Å². The molecule has 3 N–H and O–H groups in total. The Morgan fingerprint density at radius 1 is 1.57 bits per heavy atom. The Kier molecular flexibility index (Phi) is 2.15. The molecule has 2 amide bonds. The molecule has 1 atom stereocenters. The minimum absolute atomic E-state index is 0.115.